The van der Waals surface area contributed by atoms with Gasteiger partial charge in [0.1, 0.15) is 18.1 Å². The molecule has 0 aromatic heterocycles. The second-order valence-electron chi connectivity index (χ2n) is 7.16. The van der Waals surface area contributed by atoms with Gasteiger partial charge in [-0.3, -0.25) is 4.79 Å². The number of amides is 1. The predicted octanol–water partition coefficient (Wildman–Crippen LogP) is 2.52. The first kappa shape index (κ1) is 19.7. The number of methoxy groups -OCH3 is 1. The summed E-state index contributed by atoms with van der Waals surface area (Å²) in [6.45, 7) is 1.64. The van der Waals surface area contributed by atoms with Crippen molar-refractivity contribution in [2.24, 2.45) is 5.92 Å². The Morgan fingerprint density at radius 2 is 1.72 bits per heavy atom. The molecule has 0 unspecified atom stereocenters. The van der Waals surface area contributed by atoms with Gasteiger partial charge in [0.05, 0.1) is 24.2 Å². The van der Waals surface area contributed by atoms with Gasteiger partial charge >= 0.3 is 0 Å². The molecule has 1 fully saturated rings. The molecule has 2 aliphatic rings. The Morgan fingerprint density at radius 3 is 2.41 bits per heavy atom. The van der Waals surface area contributed by atoms with Crippen LogP contribution < -0.4 is 14.4 Å². The maximum Gasteiger partial charge on any atom is 0.243 e. The number of sulfonamides is 1. The molecular weight excluding hydrogens is 392 g/mol. The van der Waals surface area contributed by atoms with Gasteiger partial charge in [0, 0.05) is 19.0 Å². The van der Waals surface area contributed by atoms with Gasteiger partial charge < -0.3 is 14.4 Å². The smallest absolute Gasteiger partial charge is 0.243 e. The third-order valence-corrected chi connectivity index (χ3v) is 7.41. The second kappa shape index (κ2) is 8.04. The van der Waals surface area contributed by atoms with Crippen LogP contribution in [0.5, 0.6) is 11.5 Å². The first-order valence-corrected chi connectivity index (χ1v) is 11.1. The molecule has 2 aromatic rings. The van der Waals surface area contributed by atoms with Gasteiger partial charge in [0.15, 0.2) is 0 Å². The molecule has 0 aliphatic carbocycles. The molecule has 0 bridgehead atoms. The molecule has 7 nitrogen and oxygen atoms in total. The fourth-order valence-corrected chi connectivity index (χ4v) is 5.33. The van der Waals surface area contributed by atoms with Crippen molar-refractivity contribution in [1.29, 1.82) is 0 Å². The van der Waals surface area contributed by atoms with Crippen LogP contribution in [-0.2, 0) is 14.8 Å². The SMILES string of the molecule is COc1ccc(S(=O)(=O)N2CCC(C(=O)N3CCOc4ccccc43)CC2)cc1. The summed E-state index contributed by atoms with van der Waals surface area (Å²) in [6, 6.07) is 13.9. The molecule has 2 aromatic carbocycles. The van der Waals surface area contributed by atoms with Crippen LogP contribution in [0.1, 0.15) is 12.8 Å². The zero-order valence-corrected chi connectivity index (χ0v) is 17.1. The van der Waals surface area contributed by atoms with Crippen molar-refractivity contribution in [1.82, 2.24) is 4.31 Å². The largest absolute Gasteiger partial charge is 0.497 e. The highest BCUT2D eigenvalue weighted by Crippen LogP contribution is 2.34. The van der Waals surface area contributed by atoms with Gasteiger partial charge in [0.25, 0.3) is 0 Å². The van der Waals surface area contributed by atoms with Gasteiger partial charge in [-0.1, -0.05) is 12.1 Å². The van der Waals surface area contributed by atoms with E-state index in [4.69, 9.17) is 9.47 Å². The van der Waals surface area contributed by atoms with E-state index in [1.54, 1.807) is 29.2 Å². The van der Waals surface area contributed by atoms with E-state index in [0.717, 1.165) is 5.69 Å². The number of rotatable bonds is 4. The molecule has 1 saturated heterocycles. The lowest BCUT2D eigenvalue weighted by Crippen LogP contribution is -2.46. The van der Waals surface area contributed by atoms with Gasteiger partial charge in [-0.15, -0.1) is 0 Å². The number of fused-ring (bicyclic) bond motifs is 1. The maximum absolute atomic E-state index is 13.1. The van der Waals surface area contributed by atoms with Crippen LogP contribution >= 0.6 is 0 Å². The molecule has 2 aliphatic heterocycles. The van der Waals surface area contributed by atoms with Crippen LogP contribution in [-0.4, -0.2) is 52.0 Å². The Bertz CT molecular complexity index is 982. The number of benzene rings is 2. The lowest BCUT2D eigenvalue weighted by Gasteiger charge is -2.35. The van der Waals surface area contributed by atoms with Crippen molar-refractivity contribution in [3.63, 3.8) is 0 Å². The first-order valence-electron chi connectivity index (χ1n) is 9.68. The van der Waals surface area contributed by atoms with Gasteiger partial charge in [-0.2, -0.15) is 4.31 Å². The summed E-state index contributed by atoms with van der Waals surface area (Å²) >= 11 is 0. The van der Waals surface area contributed by atoms with Crippen molar-refractivity contribution in [3.8, 4) is 11.5 Å². The van der Waals surface area contributed by atoms with Crippen molar-refractivity contribution in [2.75, 3.05) is 38.3 Å². The number of para-hydroxylation sites is 2. The Morgan fingerprint density at radius 1 is 1.03 bits per heavy atom. The van der Waals surface area contributed by atoms with Gasteiger partial charge in [0.2, 0.25) is 15.9 Å². The van der Waals surface area contributed by atoms with E-state index in [9.17, 15) is 13.2 Å². The molecule has 0 radical (unpaired) electrons. The van der Waals surface area contributed by atoms with E-state index in [0.29, 0.717) is 50.6 Å². The molecule has 2 heterocycles. The third kappa shape index (κ3) is 3.82. The second-order valence-corrected chi connectivity index (χ2v) is 9.10. The van der Waals surface area contributed by atoms with Crippen molar-refractivity contribution in [3.05, 3.63) is 48.5 Å². The first-order chi connectivity index (χ1) is 14.0. The van der Waals surface area contributed by atoms with Crippen LogP contribution in [0.3, 0.4) is 0 Å². The number of anilines is 1. The van der Waals surface area contributed by atoms with Gasteiger partial charge in [-0.25, -0.2) is 8.42 Å². The summed E-state index contributed by atoms with van der Waals surface area (Å²) < 4.78 is 38.0. The molecule has 0 atom stereocenters. The highest BCUT2D eigenvalue weighted by molar-refractivity contribution is 7.89. The fourth-order valence-electron chi connectivity index (χ4n) is 3.86. The molecule has 154 valence electrons. The van der Waals surface area contributed by atoms with Crippen LogP contribution in [0, 0.1) is 5.92 Å². The van der Waals surface area contributed by atoms with Gasteiger partial charge in [-0.05, 0) is 49.2 Å². The normalized spacial score (nSPS) is 18.0. The van der Waals surface area contributed by atoms with E-state index in [1.165, 1.54) is 11.4 Å². The average Bonchev–Trinajstić information content (AvgIpc) is 2.78. The Hall–Kier alpha value is -2.58. The van der Waals surface area contributed by atoms with Crippen LogP contribution in [0.2, 0.25) is 0 Å². The standard InChI is InChI=1S/C21H24N2O5S/c1-27-17-6-8-18(9-7-17)29(25,26)22-12-10-16(11-13-22)21(24)23-14-15-28-20-5-3-2-4-19(20)23/h2-9,16H,10-15H2,1H3. The molecule has 0 spiro atoms. The minimum atomic E-state index is -3.58. The molecule has 0 saturated carbocycles. The number of carbonyl (C=O) groups excluding carboxylic acids is 1. The summed E-state index contributed by atoms with van der Waals surface area (Å²) in [5.74, 6) is 1.18. The van der Waals surface area contributed by atoms with E-state index in [2.05, 4.69) is 0 Å². The predicted molar refractivity (Wildman–Crippen MR) is 109 cm³/mol. The van der Waals surface area contributed by atoms with Crippen LogP contribution in [0.4, 0.5) is 5.69 Å². The fraction of sp³-hybridized carbons (Fsp3) is 0.381. The number of nitrogens with zero attached hydrogens (tertiary/aromatic N) is 2. The lowest BCUT2D eigenvalue weighted by atomic mass is 9.96. The van der Waals surface area contributed by atoms with Crippen molar-refractivity contribution >= 4 is 21.6 Å². The highest BCUT2D eigenvalue weighted by Gasteiger charge is 2.35. The molecule has 0 N–H and O–H groups in total. The number of hydrogen-bond donors (Lipinski definition) is 0. The third-order valence-electron chi connectivity index (χ3n) is 5.49. The van der Waals surface area contributed by atoms with Crippen molar-refractivity contribution in [2.45, 2.75) is 17.7 Å². The minimum absolute atomic E-state index is 0.0437. The maximum atomic E-state index is 13.1. The molecule has 1 amide bonds. The number of hydrogen-bond acceptors (Lipinski definition) is 5. The molecule has 29 heavy (non-hydrogen) atoms. The minimum Gasteiger partial charge on any atom is -0.497 e. The van der Waals surface area contributed by atoms with E-state index >= 15 is 0 Å². The monoisotopic (exact) mass is 416 g/mol. The number of carbonyl (C=O) groups is 1. The lowest BCUT2D eigenvalue weighted by molar-refractivity contribution is -0.123. The molecule has 4 rings (SSSR count). The zero-order valence-electron chi connectivity index (χ0n) is 16.3. The topological polar surface area (TPSA) is 76.2 Å². The zero-order chi connectivity index (χ0) is 20.4. The Labute approximate surface area is 170 Å². The van der Waals surface area contributed by atoms with Crippen molar-refractivity contribution < 1.29 is 22.7 Å². The average molecular weight is 416 g/mol. The highest BCUT2D eigenvalue weighted by atomic mass is 32.2. The Balaban J connectivity index is 1.43. The summed E-state index contributed by atoms with van der Waals surface area (Å²) in [5.41, 5.74) is 0.789. The summed E-state index contributed by atoms with van der Waals surface area (Å²) in [7, 11) is -2.04. The van der Waals surface area contributed by atoms with Crippen LogP contribution in [0.15, 0.2) is 53.4 Å². The summed E-state index contributed by atoms with van der Waals surface area (Å²) in [4.78, 5) is 15.1. The molecular formula is C21H24N2O5S. The number of ether oxygens (including phenoxy) is 2. The Kier molecular flexibility index (Phi) is 5.47. The van der Waals surface area contributed by atoms with E-state index < -0.39 is 10.0 Å². The summed E-state index contributed by atoms with van der Waals surface area (Å²) in [6.07, 6.45) is 1.02. The van der Waals surface area contributed by atoms with E-state index in [1.807, 2.05) is 24.3 Å². The van der Waals surface area contributed by atoms with Crippen LogP contribution in [0.25, 0.3) is 0 Å². The van der Waals surface area contributed by atoms with E-state index in [-0.39, 0.29) is 16.7 Å². The molecule has 8 heteroatoms. The number of piperidine rings is 1. The quantitative estimate of drug-likeness (QED) is 0.766. The summed E-state index contributed by atoms with van der Waals surface area (Å²) in [5, 5.41) is 0.